The van der Waals surface area contributed by atoms with E-state index in [0.717, 1.165) is 16.3 Å². The van der Waals surface area contributed by atoms with Gasteiger partial charge in [-0.15, -0.1) is 0 Å². The summed E-state index contributed by atoms with van der Waals surface area (Å²) in [5.41, 5.74) is 7.22. The third-order valence-corrected chi connectivity index (χ3v) is 5.84. The summed E-state index contributed by atoms with van der Waals surface area (Å²) >= 11 is 0. The zero-order chi connectivity index (χ0) is 15.6. The molecule has 0 aliphatic heterocycles. The predicted molar refractivity (Wildman–Crippen MR) is 97.0 cm³/mol. The number of hydrogen-bond donors (Lipinski definition) is 2. The van der Waals surface area contributed by atoms with Crippen LogP contribution < -0.4 is 5.73 Å². The zero-order valence-electron chi connectivity index (χ0n) is 13.2. The van der Waals surface area contributed by atoms with E-state index >= 15 is 0 Å². The van der Waals surface area contributed by atoms with E-state index < -0.39 is 0 Å². The van der Waals surface area contributed by atoms with Crippen LogP contribution in [0.15, 0.2) is 11.4 Å². The van der Waals surface area contributed by atoms with E-state index in [0.29, 0.717) is 5.65 Å². The van der Waals surface area contributed by atoms with Gasteiger partial charge in [0.05, 0.1) is 6.33 Å². The lowest BCUT2D eigenvalue weighted by atomic mass is 10.1. The molecule has 0 saturated heterocycles. The number of nitrogens with one attached hydrogen (secondary N) is 1. The van der Waals surface area contributed by atoms with Crippen LogP contribution in [0.1, 0.15) is 58.3 Å². The van der Waals surface area contributed by atoms with E-state index in [1.165, 1.54) is 51.4 Å². The Morgan fingerprint density at radius 2 is 1.77 bits per heavy atom. The normalized spacial score (nSPS) is 11.3. The summed E-state index contributed by atoms with van der Waals surface area (Å²) in [6, 6.07) is 0. The number of anilines is 1. The molecule has 7 heteroatoms. The Morgan fingerprint density at radius 1 is 1.05 bits per heavy atom. The van der Waals surface area contributed by atoms with Gasteiger partial charge in [-0.2, -0.15) is 4.98 Å². The van der Waals surface area contributed by atoms with Gasteiger partial charge in [0.2, 0.25) is 5.95 Å². The molecule has 2 aromatic rings. The standard InChI is InChI=1S/C15H25N5S2/c1-2-3-4-5-6-7-8-9-10-21-22-14-12-13(18-11-17-12)19-15(16)20-14/h11H,2-10H2,1H3,(H3,16,17,18,19,20). The van der Waals surface area contributed by atoms with Gasteiger partial charge in [-0.25, -0.2) is 9.97 Å². The van der Waals surface area contributed by atoms with E-state index in [2.05, 4.69) is 26.9 Å². The topological polar surface area (TPSA) is 80.5 Å². The summed E-state index contributed by atoms with van der Waals surface area (Å²) < 4.78 is 0. The summed E-state index contributed by atoms with van der Waals surface area (Å²) in [7, 11) is 3.49. The van der Waals surface area contributed by atoms with E-state index in [-0.39, 0.29) is 5.95 Å². The summed E-state index contributed by atoms with van der Waals surface area (Å²) in [4.78, 5) is 15.6. The van der Waals surface area contributed by atoms with Crippen LogP contribution in [0, 0.1) is 0 Å². The fourth-order valence-corrected chi connectivity index (χ4v) is 4.46. The molecule has 2 aromatic heterocycles. The first-order valence-electron chi connectivity index (χ1n) is 8.07. The summed E-state index contributed by atoms with van der Waals surface area (Å²) in [5, 5.41) is 0.879. The molecule has 3 N–H and O–H groups in total. The lowest BCUT2D eigenvalue weighted by Crippen LogP contribution is -1.96. The first-order chi connectivity index (χ1) is 10.8. The van der Waals surface area contributed by atoms with Crippen molar-refractivity contribution >= 4 is 38.7 Å². The minimum absolute atomic E-state index is 0.287. The van der Waals surface area contributed by atoms with Crippen LogP contribution in [-0.2, 0) is 0 Å². The minimum Gasteiger partial charge on any atom is -0.368 e. The molecule has 0 radical (unpaired) electrons. The number of unbranched alkanes of at least 4 members (excludes halogenated alkanes) is 7. The lowest BCUT2D eigenvalue weighted by Gasteiger charge is -2.03. The van der Waals surface area contributed by atoms with Crippen molar-refractivity contribution < 1.29 is 0 Å². The number of hydrogen-bond acceptors (Lipinski definition) is 6. The number of fused-ring (bicyclic) bond motifs is 1. The highest BCUT2D eigenvalue weighted by Crippen LogP contribution is 2.34. The van der Waals surface area contributed by atoms with Crippen LogP contribution in [0.3, 0.4) is 0 Å². The highest BCUT2D eigenvalue weighted by Gasteiger charge is 2.09. The van der Waals surface area contributed by atoms with Crippen LogP contribution >= 0.6 is 21.6 Å². The largest absolute Gasteiger partial charge is 0.368 e. The number of aromatic nitrogens is 4. The van der Waals surface area contributed by atoms with Gasteiger partial charge < -0.3 is 10.7 Å². The molecule has 0 atom stereocenters. The molecule has 0 fully saturated rings. The molecular weight excluding hydrogens is 314 g/mol. The second-order valence-corrected chi connectivity index (χ2v) is 7.77. The fourth-order valence-electron chi connectivity index (χ4n) is 2.28. The maximum atomic E-state index is 5.71. The highest BCUT2D eigenvalue weighted by atomic mass is 33.1. The van der Waals surface area contributed by atoms with Gasteiger partial charge in [0.1, 0.15) is 10.5 Å². The third-order valence-electron chi connectivity index (χ3n) is 3.49. The Labute approximate surface area is 140 Å². The van der Waals surface area contributed by atoms with Crippen molar-refractivity contribution in [2.45, 2.75) is 63.3 Å². The molecule has 0 saturated carbocycles. The average molecular weight is 340 g/mol. The van der Waals surface area contributed by atoms with Crippen LogP contribution in [0.4, 0.5) is 5.95 Å². The van der Waals surface area contributed by atoms with Crippen molar-refractivity contribution in [2.24, 2.45) is 0 Å². The van der Waals surface area contributed by atoms with Gasteiger partial charge in [-0.05, 0) is 17.2 Å². The molecular formula is C15H25N5S2. The minimum atomic E-state index is 0.287. The maximum Gasteiger partial charge on any atom is 0.223 e. The van der Waals surface area contributed by atoms with Crippen molar-refractivity contribution in [1.82, 2.24) is 19.9 Å². The molecule has 2 rings (SSSR count). The number of imidazole rings is 1. The molecule has 0 bridgehead atoms. The van der Waals surface area contributed by atoms with Gasteiger partial charge in [-0.3, -0.25) is 0 Å². The molecule has 5 nitrogen and oxygen atoms in total. The molecule has 22 heavy (non-hydrogen) atoms. The molecule has 122 valence electrons. The first kappa shape index (κ1) is 17.4. The number of rotatable bonds is 11. The van der Waals surface area contributed by atoms with Crippen molar-refractivity contribution in [3.63, 3.8) is 0 Å². The zero-order valence-corrected chi connectivity index (χ0v) is 14.8. The smallest absolute Gasteiger partial charge is 0.223 e. The van der Waals surface area contributed by atoms with E-state index in [1.807, 2.05) is 10.8 Å². The van der Waals surface area contributed by atoms with Gasteiger partial charge in [0.25, 0.3) is 0 Å². The quantitative estimate of drug-likeness (QED) is 0.347. The van der Waals surface area contributed by atoms with Crippen LogP contribution in [0.25, 0.3) is 11.2 Å². The molecule has 2 heterocycles. The Balaban J connectivity index is 1.59. The van der Waals surface area contributed by atoms with E-state index in [9.17, 15) is 0 Å². The maximum absolute atomic E-state index is 5.71. The SMILES string of the molecule is CCCCCCCCCCSSc1nc(N)nc2nc[nH]c12. The second-order valence-electron chi connectivity index (χ2n) is 5.37. The number of nitrogen functional groups attached to an aromatic ring is 1. The predicted octanol–water partition coefficient (Wildman–Crippen LogP) is 4.82. The third kappa shape index (κ3) is 5.68. The molecule has 0 amide bonds. The number of nitrogens with two attached hydrogens (primary N) is 1. The molecule has 0 unspecified atom stereocenters. The molecule has 0 aliphatic carbocycles. The Kier molecular flexibility index (Phi) is 7.87. The number of H-pyrrole nitrogens is 1. The first-order valence-corrected chi connectivity index (χ1v) is 10.4. The molecule has 0 aromatic carbocycles. The Bertz CT molecular complexity index is 558. The van der Waals surface area contributed by atoms with Crippen LogP contribution in [0.2, 0.25) is 0 Å². The number of nitrogens with zero attached hydrogens (tertiary/aromatic N) is 3. The van der Waals surface area contributed by atoms with E-state index in [1.54, 1.807) is 17.1 Å². The van der Waals surface area contributed by atoms with Gasteiger partial charge in [0, 0.05) is 5.75 Å². The summed E-state index contributed by atoms with van der Waals surface area (Å²) in [6.45, 7) is 2.26. The van der Waals surface area contributed by atoms with Gasteiger partial charge in [0.15, 0.2) is 5.65 Å². The van der Waals surface area contributed by atoms with Gasteiger partial charge in [-0.1, -0.05) is 62.7 Å². The van der Waals surface area contributed by atoms with E-state index in [4.69, 9.17) is 5.73 Å². The average Bonchev–Trinajstić information content (AvgIpc) is 2.97. The second kappa shape index (κ2) is 9.94. The van der Waals surface area contributed by atoms with Crippen LogP contribution in [0.5, 0.6) is 0 Å². The monoisotopic (exact) mass is 339 g/mol. The van der Waals surface area contributed by atoms with Crippen molar-refractivity contribution in [3.05, 3.63) is 6.33 Å². The van der Waals surface area contributed by atoms with Crippen molar-refractivity contribution in [2.75, 3.05) is 11.5 Å². The molecule has 0 aliphatic rings. The van der Waals surface area contributed by atoms with Crippen molar-refractivity contribution in [3.8, 4) is 0 Å². The summed E-state index contributed by atoms with van der Waals surface area (Å²) in [6.07, 6.45) is 12.5. The van der Waals surface area contributed by atoms with Crippen molar-refractivity contribution in [1.29, 1.82) is 0 Å². The number of aromatic amines is 1. The summed E-state index contributed by atoms with van der Waals surface area (Å²) in [5.74, 6) is 1.42. The Morgan fingerprint density at radius 3 is 2.55 bits per heavy atom. The fraction of sp³-hybridized carbons (Fsp3) is 0.667. The molecule has 0 spiro atoms. The Hall–Kier alpha value is -0.950. The lowest BCUT2D eigenvalue weighted by molar-refractivity contribution is 0.586. The highest BCUT2D eigenvalue weighted by molar-refractivity contribution is 8.76. The van der Waals surface area contributed by atoms with Crippen LogP contribution in [-0.4, -0.2) is 25.7 Å². The van der Waals surface area contributed by atoms with Gasteiger partial charge >= 0.3 is 0 Å².